The van der Waals surface area contributed by atoms with Crippen LogP contribution in [0.2, 0.25) is 5.02 Å². The summed E-state index contributed by atoms with van der Waals surface area (Å²) < 4.78 is 16.5. The summed E-state index contributed by atoms with van der Waals surface area (Å²) in [6.45, 7) is 2.83. The van der Waals surface area contributed by atoms with Gasteiger partial charge in [0.1, 0.15) is 6.61 Å². The molecule has 0 saturated carbocycles. The molecule has 2 aromatic carbocycles. The third-order valence-corrected chi connectivity index (χ3v) is 3.73. The van der Waals surface area contributed by atoms with Crippen LogP contribution >= 0.6 is 24.0 Å². The van der Waals surface area contributed by atoms with Crippen molar-refractivity contribution in [3.05, 3.63) is 58.6 Å². The normalized spacial score (nSPS) is 10.3. The molecule has 144 valence electrons. The van der Waals surface area contributed by atoms with E-state index in [1.165, 1.54) is 0 Å². The number of benzene rings is 2. The molecule has 5 nitrogen and oxygen atoms in total. The van der Waals surface area contributed by atoms with E-state index in [1.54, 1.807) is 7.11 Å². The van der Waals surface area contributed by atoms with Crippen molar-refractivity contribution in [2.45, 2.75) is 13.2 Å². The van der Waals surface area contributed by atoms with E-state index in [0.717, 1.165) is 17.7 Å². The lowest BCUT2D eigenvalue weighted by molar-refractivity contribution is 0.0938. The summed E-state index contributed by atoms with van der Waals surface area (Å²) in [7, 11) is 1.63. The van der Waals surface area contributed by atoms with E-state index >= 15 is 0 Å². The van der Waals surface area contributed by atoms with Gasteiger partial charge in [0.25, 0.3) is 0 Å². The molecule has 0 unspecified atom stereocenters. The van der Waals surface area contributed by atoms with Gasteiger partial charge >= 0.3 is 0 Å². The number of rotatable bonds is 11. The molecule has 0 aliphatic heterocycles. The largest absolute Gasteiger partial charge is 0.493 e. The summed E-state index contributed by atoms with van der Waals surface area (Å²) in [4.78, 5) is 0. The van der Waals surface area contributed by atoms with Gasteiger partial charge in [-0.15, -0.1) is 12.4 Å². The predicted octanol–water partition coefficient (Wildman–Crippen LogP) is 3.45. The van der Waals surface area contributed by atoms with Crippen molar-refractivity contribution in [1.82, 2.24) is 5.32 Å². The van der Waals surface area contributed by atoms with Crippen molar-refractivity contribution in [2.75, 3.05) is 33.5 Å². The lowest BCUT2D eigenvalue weighted by Gasteiger charge is -2.13. The average Bonchev–Trinajstić information content (AvgIpc) is 2.63. The fourth-order valence-corrected chi connectivity index (χ4v) is 2.49. The molecule has 26 heavy (non-hydrogen) atoms. The molecule has 7 heteroatoms. The standard InChI is InChI=1S/C19H24ClNO4.ClH/c1-23-19-12-15(13-21-7-9-24-10-8-22)5-6-18(19)25-14-16-3-2-4-17(20)11-16;/h2-6,11-12,21-22H,7-10,13-14H2,1H3;1H. The molecule has 0 saturated heterocycles. The van der Waals surface area contributed by atoms with Crippen LogP contribution in [-0.4, -0.2) is 38.6 Å². The fourth-order valence-electron chi connectivity index (χ4n) is 2.27. The van der Waals surface area contributed by atoms with Gasteiger partial charge in [-0.05, 0) is 35.4 Å². The minimum Gasteiger partial charge on any atom is -0.493 e. The highest BCUT2D eigenvalue weighted by Crippen LogP contribution is 2.29. The van der Waals surface area contributed by atoms with Gasteiger partial charge in [-0.1, -0.05) is 29.8 Å². The molecule has 0 radical (unpaired) electrons. The summed E-state index contributed by atoms with van der Waals surface area (Å²) in [6, 6.07) is 13.4. The lowest BCUT2D eigenvalue weighted by Crippen LogP contribution is -2.20. The number of halogens is 2. The molecule has 0 bridgehead atoms. The molecule has 0 aliphatic rings. The Bertz CT molecular complexity index is 655. The van der Waals surface area contributed by atoms with E-state index in [2.05, 4.69) is 5.32 Å². The lowest BCUT2D eigenvalue weighted by atomic mass is 10.2. The minimum atomic E-state index is 0. The molecular formula is C19H25Cl2NO4. The summed E-state index contributed by atoms with van der Waals surface area (Å²) in [6.07, 6.45) is 0. The molecule has 0 atom stereocenters. The molecule has 0 fully saturated rings. The summed E-state index contributed by atoms with van der Waals surface area (Å²) in [5.74, 6) is 1.38. The number of ether oxygens (including phenoxy) is 3. The number of methoxy groups -OCH3 is 1. The highest BCUT2D eigenvalue weighted by atomic mass is 35.5. The maximum absolute atomic E-state index is 8.64. The van der Waals surface area contributed by atoms with Crippen molar-refractivity contribution in [1.29, 1.82) is 0 Å². The molecular weight excluding hydrogens is 377 g/mol. The van der Waals surface area contributed by atoms with Gasteiger partial charge in [-0.25, -0.2) is 0 Å². The maximum atomic E-state index is 8.64. The van der Waals surface area contributed by atoms with E-state index in [9.17, 15) is 0 Å². The van der Waals surface area contributed by atoms with Gasteiger partial charge in [-0.3, -0.25) is 0 Å². The third-order valence-electron chi connectivity index (χ3n) is 3.50. The number of nitrogens with one attached hydrogen (secondary N) is 1. The zero-order valence-electron chi connectivity index (χ0n) is 14.7. The first kappa shape index (κ1) is 22.5. The van der Waals surface area contributed by atoms with Crippen LogP contribution < -0.4 is 14.8 Å². The van der Waals surface area contributed by atoms with Crippen molar-refractivity contribution >= 4 is 24.0 Å². The first-order valence-electron chi connectivity index (χ1n) is 8.16. The van der Waals surface area contributed by atoms with Gasteiger partial charge in [0.2, 0.25) is 0 Å². The van der Waals surface area contributed by atoms with Crippen LogP contribution in [0.5, 0.6) is 11.5 Å². The molecule has 2 N–H and O–H groups in total. The molecule has 0 aliphatic carbocycles. The Hall–Kier alpha value is -1.50. The van der Waals surface area contributed by atoms with Crippen LogP contribution in [0.3, 0.4) is 0 Å². The SMILES string of the molecule is COc1cc(CNCCOCCO)ccc1OCc1cccc(Cl)c1.Cl. The Kier molecular flexibility index (Phi) is 11.1. The minimum absolute atomic E-state index is 0. The van der Waals surface area contributed by atoms with E-state index < -0.39 is 0 Å². The smallest absolute Gasteiger partial charge is 0.161 e. The van der Waals surface area contributed by atoms with Crippen LogP contribution in [-0.2, 0) is 17.9 Å². The van der Waals surface area contributed by atoms with Crippen LogP contribution in [0.1, 0.15) is 11.1 Å². The van der Waals surface area contributed by atoms with Gasteiger partial charge in [0.05, 0.1) is 26.9 Å². The average molecular weight is 402 g/mol. The van der Waals surface area contributed by atoms with Crippen molar-refractivity contribution in [3.8, 4) is 11.5 Å². The molecule has 0 aromatic heterocycles. The van der Waals surface area contributed by atoms with Gasteiger partial charge < -0.3 is 24.6 Å². The zero-order valence-corrected chi connectivity index (χ0v) is 16.3. The fraction of sp³-hybridized carbons (Fsp3) is 0.368. The van der Waals surface area contributed by atoms with Crippen LogP contribution in [0.25, 0.3) is 0 Å². The van der Waals surface area contributed by atoms with Gasteiger partial charge in [0.15, 0.2) is 11.5 Å². The van der Waals surface area contributed by atoms with Gasteiger partial charge in [0, 0.05) is 18.1 Å². The summed E-state index contributed by atoms with van der Waals surface area (Å²) in [5, 5.41) is 12.6. The van der Waals surface area contributed by atoms with Gasteiger partial charge in [-0.2, -0.15) is 0 Å². The summed E-state index contributed by atoms with van der Waals surface area (Å²) in [5.41, 5.74) is 2.09. The highest BCUT2D eigenvalue weighted by Gasteiger charge is 2.06. The first-order chi connectivity index (χ1) is 12.2. The first-order valence-corrected chi connectivity index (χ1v) is 8.54. The Morgan fingerprint density at radius 3 is 2.62 bits per heavy atom. The predicted molar refractivity (Wildman–Crippen MR) is 106 cm³/mol. The Morgan fingerprint density at radius 2 is 1.88 bits per heavy atom. The number of aliphatic hydroxyl groups excluding tert-OH is 1. The molecule has 0 heterocycles. The Balaban J connectivity index is 0.00000338. The molecule has 2 rings (SSSR count). The van der Waals surface area contributed by atoms with Crippen LogP contribution in [0, 0.1) is 0 Å². The van der Waals surface area contributed by atoms with Crippen molar-refractivity contribution in [2.24, 2.45) is 0 Å². The van der Waals surface area contributed by atoms with Crippen molar-refractivity contribution < 1.29 is 19.3 Å². The third kappa shape index (κ3) is 7.81. The van der Waals surface area contributed by atoms with E-state index in [4.69, 9.17) is 30.9 Å². The number of hydrogen-bond donors (Lipinski definition) is 2. The Morgan fingerprint density at radius 1 is 1.04 bits per heavy atom. The highest BCUT2D eigenvalue weighted by molar-refractivity contribution is 6.30. The molecule has 2 aromatic rings. The summed E-state index contributed by atoms with van der Waals surface area (Å²) >= 11 is 5.99. The molecule has 0 amide bonds. The van der Waals surface area contributed by atoms with E-state index in [0.29, 0.717) is 42.9 Å². The topological polar surface area (TPSA) is 60.0 Å². The van der Waals surface area contributed by atoms with E-state index in [1.807, 2.05) is 42.5 Å². The molecule has 0 spiro atoms. The van der Waals surface area contributed by atoms with Crippen LogP contribution in [0.4, 0.5) is 0 Å². The second-order valence-electron chi connectivity index (χ2n) is 5.42. The van der Waals surface area contributed by atoms with Crippen molar-refractivity contribution in [3.63, 3.8) is 0 Å². The van der Waals surface area contributed by atoms with Crippen LogP contribution in [0.15, 0.2) is 42.5 Å². The maximum Gasteiger partial charge on any atom is 0.161 e. The number of aliphatic hydroxyl groups is 1. The number of hydrogen-bond acceptors (Lipinski definition) is 5. The Labute approximate surface area is 165 Å². The van der Waals surface area contributed by atoms with E-state index in [-0.39, 0.29) is 19.0 Å². The second kappa shape index (κ2) is 12.8. The zero-order chi connectivity index (χ0) is 17.9. The monoisotopic (exact) mass is 401 g/mol. The quantitative estimate of drug-likeness (QED) is 0.564. The second-order valence-corrected chi connectivity index (χ2v) is 5.85.